The van der Waals surface area contributed by atoms with Crippen LogP contribution in [0, 0.1) is 11.4 Å². The molecule has 2 rings (SSSR count). The van der Waals surface area contributed by atoms with Gasteiger partial charge in [0.05, 0.1) is 11.8 Å². The van der Waals surface area contributed by atoms with Gasteiger partial charge in [-0.3, -0.25) is 10.3 Å². The van der Waals surface area contributed by atoms with Crippen LogP contribution in [0.15, 0.2) is 33.7 Å². The zero-order valence-corrected chi connectivity index (χ0v) is 12.1. The average Bonchev–Trinajstić information content (AvgIpc) is 3.23. The lowest BCUT2D eigenvalue weighted by Gasteiger charge is -2.15. The van der Waals surface area contributed by atoms with Crippen LogP contribution in [0.2, 0.25) is 0 Å². The number of aliphatic imine (C=N–C) groups is 1. The van der Waals surface area contributed by atoms with Gasteiger partial charge < -0.3 is 10.5 Å². The Kier molecular flexibility index (Phi) is 5.07. The summed E-state index contributed by atoms with van der Waals surface area (Å²) in [5.74, 6) is 1.05. The van der Waals surface area contributed by atoms with Crippen molar-refractivity contribution in [1.29, 1.82) is 5.53 Å². The highest BCUT2D eigenvalue weighted by Gasteiger charge is 2.28. The van der Waals surface area contributed by atoms with Gasteiger partial charge in [0.1, 0.15) is 12.4 Å². The molecule has 1 heterocycles. The fraction of sp³-hybridized carbons (Fsp3) is 0.417. The van der Waals surface area contributed by atoms with E-state index < -0.39 is 6.03 Å². The van der Waals surface area contributed by atoms with Crippen LogP contribution >= 0.6 is 0 Å². The number of carbonyl (C=O) groups is 1. The number of urea groups is 1. The van der Waals surface area contributed by atoms with E-state index >= 15 is 0 Å². The van der Waals surface area contributed by atoms with Crippen LogP contribution in [0.4, 0.5) is 4.79 Å². The van der Waals surface area contributed by atoms with Crippen LogP contribution in [0.5, 0.6) is 5.88 Å². The van der Waals surface area contributed by atoms with Gasteiger partial charge in [0.15, 0.2) is 0 Å². The fourth-order valence-electron chi connectivity index (χ4n) is 1.86. The molecular formula is C12H18N8O2. The molecule has 0 aromatic carbocycles. The smallest absolute Gasteiger partial charge is 0.342 e. The van der Waals surface area contributed by atoms with Gasteiger partial charge in [0.25, 0.3) is 0 Å². The predicted octanol–water partition coefficient (Wildman–Crippen LogP) is 0.685. The first-order valence-electron chi connectivity index (χ1n) is 6.67. The zero-order chi connectivity index (χ0) is 15.9. The van der Waals surface area contributed by atoms with Crippen LogP contribution in [0.1, 0.15) is 12.8 Å². The number of H-pyrrole nitrogens is 1. The number of amides is 2. The Bertz CT molecular complexity index is 588. The Hall–Kier alpha value is -2.91. The number of rotatable bonds is 6. The van der Waals surface area contributed by atoms with Crippen molar-refractivity contribution in [1.82, 2.24) is 20.9 Å². The summed E-state index contributed by atoms with van der Waals surface area (Å²) in [7, 11) is 1.53. The minimum atomic E-state index is -0.668. The first-order chi connectivity index (χ1) is 10.7. The average molecular weight is 306 g/mol. The number of aromatic amines is 1. The molecule has 1 aliphatic carbocycles. The monoisotopic (exact) mass is 306 g/mol. The van der Waals surface area contributed by atoms with Gasteiger partial charge in [0.2, 0.25) is 5.88 Å². The number of carbonyl (C=O) groups excluding carboxylic acids is 1. The van der Waals surface area contributed by atoms with Crippen molar-refractivity contribution in [2.75, 3.05) is 13.7 Å². The fourth-order valence-corrected chi connectivity index (χ4v) is 1.86. The molecule has 118 valence electrons. The number of hydrogen-bond acceptors (Lipinski definition) is 7. The van der Waals surface area contributed by atoms with Crippen molar-refractivity contribution in [3.05, 3.63) is 23.5 Å². The summed E-state index contributed by atoms with van der Waals surface area (Å²) in [4.78, 5) is 15.6. The zero-order valence-electron chi connectivity index (χ0n) is 12.1. The molecule has 0 aliphatic heterocycles. The summed E-state index contributed by atoms with van der Waals surface area (Å²) in [6.45, 7) is 0.134. The number of amidine groups is 1. The molecule has 1 fully saturated rings. The minimum Gasteiger partial charge on any atom is -0.473 e. The number of nitrogens with two attached hydrogens (primary N) is 1. The number of nitrogens with one attached hydrogen (secondary N) is 4. The Morgan fingerprint density at radius 1 is 1.64 bits per heavy atom. The van der Waals surface area contributed by atoms with Crippen molar-refractivity contribution in [3.8, 4) is 5.88 Å². The second-order valence-corrected chi connectivity index (χ2v) is 4.67. The van der Waals surface area contributed by atoms with E-state index in [4.69, 9.17) is 16.0 Å². The minimum absolute atomic E-state index is 0.134. The van der Waals surface area contributed by atoms with Crippen molar-refractivity contribution in [2.24, 2.45) is 21.9 Å². The second kappa shape index (κ2) is 7.20. The van der Waals surface area contributed by atoms with Crippen LogP contribution in [0.3, 0.4) is 0 Å². The first-order valence-corrected chi connectivity index (χ1v) is 6.67. The Balaban J connectivity index is 2.13. The molecule has 10 nitrogen and oxygen atoms in total. The van der Waals surface area contributed by atoms with E-state index in [1.807, 2.05) is 5.43 Å². The van der Waals surface area contributed by atoms with Crippen LogP contribution in [0.25, 0.3) is 0 Å². The molecule has 0 unspecified atom stereocenters. The molecule has 1 saturated carbocycles. The first kappa shape index (κ1) is 15.5. The molecule has 0 bridgehead atoms. The van der Waals surface area contributed by atoms with Gasteiger partial charge in [-0.25, -0.2) is 15.3 Å². The highest BCUT2D eigenvalue weighted by atomic mass is 16.5. The summed E-state index contributed by atoms with van der Waals surface area (Å²) in [6, 6.07) is 1.01. The lowest BCUT2D eigenvalue weighted by molar-refractivity contribution is 0.244. The van der Waals surface area contributed by atoms with Crippen molar-refractivity contribution in [2.45, 2.75) is 12.8 Å². The maximum absolute atomic E-state index is 11.5. The molecule has 0 atom stereocenters. The molecule has 1 aliphatic rings. The summed E-state index contributed by atoms with van der Waals surface area (Å²) < 4.78 is 5.56. The second-order valence-electron chi connectivity index (χ2n) is 4.67. The van der Waals surface area contributed by atoms with Gasteiger partial charge in [-0.2, -0.15) is 10.6 Å². The highest BCUT2D eigenvalue weighted by Crippen LogP contribution is 2.35. The number of aromatic nitrogens is 2. The predicted molar refractivity (Wildman–Crippen MR) is 78.2 cm³/mol. The normalized spacial score (nSPS) is 15.8. The number of ether oxygens (including phenoxy) is 1. The van der Waals surface area contributed by atoms with E-state index in [1.165, 1.54) is 7.05 Å². The molecule has 2 amide bonds. The van der Waals surface area contributed by atoms with Crippen LogP contribution in [-0.4, -0.2) is 35.7 Å². The van der Waals surface area contributed by atoms with E-state index in [-0.39, 0.29) is 18.4 Å². The summed E-state index contributed by atoms with van der Waals surface area (Å²) in [6.07, 6.45) is 3.58. The van der Waals surface area contributed by atoms with E-state index in [1.54, 1.807) is 12.3 Å². The molecule has 1 aromatic rings. The SMILES string of the molecule is CN=C(NC(=O)NN=N)C(COc1ccn[nH]1)=C(N)C1CC1. The third kappa shape index (κ3) is 4.04. The van der Waals surface area contributed by atoms with Crippen molar-refractivity contribution in [3.63, 3.8) is 0 Å². The van der Waals surface area contributed by atoms with E-state index in [2.05, 4.69) is 25.7 Å². The highest BCUT2D eigenvalue weighted by molar-refractivity contribution is 6.07. The lowest BCUT2D eigenvalue weighted by Crippen LogP contribution is -2.39. The van der Waals surface area contributed by atoms with Crippen LogP contribution < -0.4 is 21.2 Å². The van der Waals surface area contributed by atoms with Crippen molar-refractivity contribution < 1.29 is 9.53 Å². The number of hydrogen-bond donors (Lipinski definition) is 5. The molecule has 0 saturated heterocycles. The molecule has 0 spiro atoms. The summed E-state index contributed by atoms with van der Waals surface area (Å²) >= 11 is 0. The molecular weight excluding hydrogens is 288 g/mol. The number of nitrogens with zero attached hydrogens (tertiary/aromatic N) is 3. The Labute approximate surface area is 126 Å². The van der Waals surface area contributed by atoms with E-state index in [9.17, 15) is 4.79 Å². The molecule has 10 heteroatoms. The van der Waals surface area contributed by atoms with Gasteiger partial charge in [-0.15, -0.1) is 0 Å². The third-order valence-electron chi connectivity index (χ3n) is 3.11. The third-order valence-corrected chi connectivity index (χ3v) is 3.11. The van der Waals surface area contributed by atoms with Crippen LogP contribution in [-0.2, 0) is 0 Å². The number of allylic oxidation sites excluding steroid dienone is 1. The van der Waals surface area contributed by atoms with Crippen molar-refractivity contribution >= 4 is 11.9 Å². The van der Waals surface area contributed by atoms with Gasteiger partial charge in [-0.05, 0) is 18.8 Å². The Morgan fingerprint density at radius 3 is 2.95 bits per heavy atom. The summed E-state index contributed by atoms with van der Waals surface area (Å²) in [5.41, 5.74) is 16.0. The largest absolute Gasteiger partial charge is 0.473 e. The Morgan fingerprint density at radius 2 is 2.41 bits per heavy atom. The topological polar surface area (TPSA) is 154 Å². The van der Waals surface area contributed by atoms with Gasteiger partial charge in [-0.1, -0.05) is 5.22 Å². The maximum Gasteiger partial charge on any atom is 0.342 e. The molecule has 1 aromatic heterocycles. The molecule has 22 heavy (non-hydrogen) atoms. The van der Waals surface area contributed by atoms with E-state index in [0.717, 1.165) is 12.8 Å². The lowest BCUT2D eigenvalue weighted by atomic mass is 10.1. The molecule has 0 radical (unpaired) electrons. The molecule has 6 N–H and O–H groups in total. The van der Waals surface area contributed by atoms with Gasteiger partial charge in [0, 0.05) is 18.8 Å². The standard InChI is InChI=1S/C12H18N8O2/c1-15-11(17-12(21)19-20-14)8(10(13)7-2-3-7)6-22-9-4-5-16-18-9/h4-5,7H,2-3,6,13H2,1H3,(H,16,18)(H3,14,15,17,19,21). The van der Waals surface area contributed by atoms with E-state index in [0.29, 0.717) is 17.2 Å². The summed E-state index contributed by atoms with van der Waals surface area (Å²) in [5, 5.41) is 11.8. The quantitative estimate of drug-likeness (QED) is 0.227. The maximum atomic E-state index is 11.5. The van der Waals surface area contributed by atoms with Gasteiger partial charge >= 0.3 is 6.03 Å².